The van der Waals surface area contributed by atoms with Gasteiger partial charge in [-0.25, -0.2) is 4.98 Å². The van der Waals surface area contributed by atoms with Crippen molar-refractivity contribution in [2.45, 2.75) is 6.54 Å². The maximum Gasteiger partial charge on any atom is 0.271 e. The van der Waals surface area contributed by atoms with Gasteiger partial charge in [0.05, 0.1) is 19.2 Å². The van der Waals surface area contributed by atoms with Crippen LogP contribution in [0.1, 0.15) is 16.1 Å². The molecule has 0 aliphatic carbocycles. The molecular weight excluding hydrogens is 343 g/mol. The highest BCUT2D eigenvalue weighted by Crippen LogP contribution is 2.37. The number of aromatic nitrogens is 1. The number of amides is 1. The molecule has 1 heterocycles. The number of methoxy groups -OCH3 is 2. The number of pyridine rings is 1. The third-order valence-corrected chi connectivity index (χ3v) is 3.54. The van der Waals surface area contributed by atoms with Crippen molar-refractivity contribution in [2.24, 2.45) is 0 Å². The predicted molar refractivity (Wildman–Crippen MR) is 86.6 cm³/mol. The number of phenols is 1. The number of carbonyl (C=O) groups excluding carboxylic acids is 1. The monoisotopic (exact) mass is 356 g/mol. The molecule has 0 atom stereocenters. The fourth-order valence-electron chi connectivity index (χ4n) is 1.89. The highest BCUT2D eigenvalue weighted by atomic mass is 35.5. The van der Waals surface area contributed by atoms with Crippen LogP contribution >= 0.6 is 23.2 Å². The first-order valence-electron chi connectivity index (χ1n) is 6.50. The Morgan fingerprint density at radius 3 is 2.39 bits per heavy atom. The number of ether oxygens (including phenoxy) is 2. The van der Waals surface area contributed by atoms with Gasteiger partial charge in [-0.2, -0.15) is 0 Å². The predicted octanol–water partition coefficient (Wildman–Crippen LogP) is 3.04. The molecule has 0 fully saturated rings. The van der Waals surface area contributed by atoms with Crippen LogP contribution in [0, 0.1) is 0 Å². The number of halogens is 2. The van der Waals surface area contributed by atoms with Crippen molar-refractivity contribution in [1.29, 1.82) is 0 Å². The van der Waals surface area contributed by atoms with Gasteiger partial charge in [0.2, 0.25) is 5.75 Å². The summed E-state index contributed by atoms with van der Waals surface area (Å²) in [5.41, 5.74) is 0.708. The highest BCUT2D eigenvalue weighted by Gasteiger charge is 2.15. The van der Waals surface area contributed by atoms with Gasteiger partial charge in [-0.15, -0.1) is 0 Å². The second-order valence-corrected chi connectivity index (χ2v) is 5.29. The van der Waals surface area contributed by atoms with Gasteiger partial charge in [0.1, 0.15) is 10.8 Å². The Morgan fingerprint density at radius 1 is 1.22 bits per heavy atom. The number of aromatic hydroxyl groups is 1. The molecule has 0 saturated carbocycles. The summed E-state index contributed by atoms with van der Waals surface area (Å²) >= 11 is 11.7. The van der Waals surface area contributed by atoms with E-state index < -0.39 is 5.91 Å². The Kier molecular flexibility index (Phi) is 5.52. The molecular formula is C15H14Cl2N2O4. The fourth-order valence-corrected chi connectivity index (χ4v) is 2.23. The summed E-state index contributed by atoms with van der Waals surface area (Å²) in [6, 6.07) is 6.17. The van der Waals surface area contributed by atoms with Crippen molar-refractivity contribution in [3.05, 3.63) is 45.7 Å². The van der Waals surface area contributed by atoms with Gasteiger partial charge in [-0.05, 0) is 29.8 Å². The molecule has 0 saturated heterocycles. The maximum atomic E-state index is 12.1. The van der Waals surface area contributed by atoms with Crippen molar-refractivity contribution in [3.63, 3.8) is 0 Å². The third-order valence-electron chi connectivity index (χ3n) is 3.02. The summed E-state index contributed by atoms with van der Waals surface area (Å²) in [5, 5.41) is 12.9. The van der Waals surface area contributed by atoms with E-state index in [1.807, 2.05) is 0 Å². The van der Waals surface area contributed by atoms with Crippen molar-refractivity contribution in [3.8, 4) is 17.2 Å². The molecule has 0 unspecified atom stereocenters. The Balaban J connectivity index is 2.17. The molecule has 1 amide bonds. The minimum absolute atomic E-state index is 0.0388. The first-order valence-corrected chi connectivity index (χ1v) is 7.26. The van der Waals surface area contributed by atoms with Crippen LogP contribution < -0.4 is 14.8 Å². The second-order valence-electron chi connectivity index (χ2n) is 4.50. The largest absolute Gasteiger partial charge is 0.502 e. The first kappa shape index (κ1) is 17.2. The van der Waals surface area contributed by atoms with E-state index in [0.717, 1.165) is 0 Å². The molecule has 8 heteroatoms. The maximum absolute atomic E-state index is 12.1. The van der Waals surface area contributed by atoms with E-state index in [9.17, 15) is 9.90 Å². The molecule has 0 aliphatic heterocycles. The second kappa shape index (κ2) is 7.39. The Hall–Kier alpha value is -2.18. The normalized spacial score (nSPS) is 10.3. The molecule has 0 spiro atoms. The molecule has 2 aromatic rings. The lowest BCUT2D eigenvalue weighted by Crippen LogP contribution is -2.24. The fraction of sp³-hybridized carbons (Fsp3) is 0.200. The van der Waals surface area contributed by atoms with Crippen molar-refractivity contribution < 1.29 is 19.4 Å². The summed E-state index contributed by atoms with van der Waals surface area (Å²) in [6.45, 7) is 0.163. The van der Waals surface area contributed by atoms with Gasteiger partial charge < -0.3 is 19.9 Å². The Morgan fingerprint density at radius 2 is 1.83 bits per heavy atom. The van der Waals surface area contributed by atoms with Crippen molar-refractivity contribution in [2.75, 3.05) is 14.2 Å². The van der Waals surface area contributed by atoms with Crippen LogP contribution in [-0.2, 0) is 6.54 Å². The van der Waals surface area contributed by atoms with E-state index in [4.69, 9.17) is 32.7 Å². The molecule has 0 aliphatic rings. The summed E-state index contributed by atoms with van der Waals surface area (Å²) in [4.78, 5) is 16.0. The topological polar surface area (TPSA) is 80.7 Å². The van der Waals surface area contributed by atoms with Crippen LogP contribution in [0.25, 0.3) is 0 Å². The average molecular weight is 357 g/mol. The Bertz CT molecular complexity index is 712. The highest BCUT2D eigenvalue weighted by molar-refractivity contribution is 6.34. The van der Waals surface area contributed by atoms with Gasteiger partial charge in [-0.3, -0.25) is 4.79 Å². The van der Waals surface area contributed by atoms with Crippen LogP contribution in [0.3, 0.4) is 0 Å². The van der Waals surface area contributed by atoms with Gasteiger partial charge in [0, 0.05) is 6.54 Å². The molecule has 1 aromatic heterocycles. The Labute approximate surface area is 143 Å². The van der Waals surface area contributed by atoms with Crippen molar-refractivity contribution >= 4 is 29.1 Å². The first-order chi connectivity index (χ1) is 11.0. The van der Waals surface area contributed by atoms with Crippen LogP contribution in [0.4, 0.5) is 0 Å². The SMILES string of the molecule is COc1cc(CNC(=O)c2nc(Cl)ccc2Cl)cc(OC)c1O. The lowest BCUT2D eigenvalue weighted by molar-refractivity contribution is 0.0946. The number of carbonyl (C=O) groups is 1. The van der Waals surface area contributed by atoms with Crippen LogP contribution in [0.2, 0.25) is 10.2 Å². The summed E-state index contributed by atoms with van der Waals surface area (Å²) in [7, 11) is 2.85. The number of phenolic OH excluding ortho intramolecular Hbond substituents is 1. The number of benzene rings is 1. The molecule has 2 rings (SSSR count). The summed E-state index contributed by atoms with van der Waals surface area (Å²) in [5.74, 6) is -0.0897. The lowest BCUT2D eigenvalue weighted by Gasteiger charge is -2.12. The number of hydrogen-bond acceptors (Lipinski definition) is 5. The molecule has 1 aromatic carbocycles. The minimum atomic E-state index is -0.469. The quantitative estimate of drug-likeness (QED) is 0.804. The van der Waals surface area contributed by atoms with E-state index >= 15 is 0 Å². The number of rotatable bonds is 5. The van der Waals surface area contributed by atoms with E-state index in [1.165, 1.54) is 26.4 Å². The zero-order valence-corrected chi connectivity index (χ0v) is 13.9. The number of nitrogens with zero attached hydrogens (tertiary/aromatic N) is 1. The molecule has 23 heavy (non-hydrogen) atoms. The van der Waals surface area contributed by atoms with Crippen LogP contribution in [0.15, 0.2) is 24.3 Å². The molecule has 122 valence electrons. The number of hydrogen-bond donors (Lipinski definition) is 2. The van der Waals surface area contributed by atoms with Crippen LogP contribution in [0.5, 0.6) is 17.2 Å². The lowest BCUT2D eigenvalue weighted by atomic mass is 10.1. The zero-order valence-electron chi connectivity index (χ0n) is 12.4. The van der Waals surface area contributed by atoms with Gasteiger partial charge in [0.25, 0.3) is 5.91 Å². The zero-order chi connectivity index (χ0) is 17.0. The summed E-state index contributed by atoms with van der Waals surface area (Å²) in [6.07, 6.45) is 0. The summed E-state index contributed by atoms with van der Waals surface area (Å²) < 4.78 is 10.1. The van der Waals surface area contributed by atoms with Gasteiger partial charge in [-0.1, -0.05) is 23.2 Å². The smallest absolute Gasteiger partial charge is 0.271 e. The van der Waals surface area contributed by atoms with E-state index in [2.05, 4.69) is 10.3 Å². The number of nitrogens with one attached hydrogen (secondary N) is 1. The van der Waals surface area contributed by atoms with E-state index in [1.54, 1.807) is 12.1 Å². The van der Waals surface area contributed by atoms with Gasteiger partial charge in [0.15, 0.2) is 11.5 Å². The minimum Gasteiger partial charge on any atom is -0.502 e. The van der Waals surface area contributed by atoms with E-state index in [-0.39, 0.29) is 39.7 Å². The van der Waals surface area contributed by atoms with Crippen molar-refractivity contribution in [1.82, 2.24) is 10.3 Å². The van der Waals surface area contributed by atoms with E-state index in [0.29, 0.717) is 5.56 Å². The molecule has 0 bridgehead atoms. The molecule has 0 radical (unpaired) electrons. The average Bonchev–Trinajstić information content (AvgIpc) is 2.55. The third kappa shape index (κ3) is 3.97. The van der Waals surface area contributed by atoms with Crippen LogP contribution in [-0.4, -0.2) is 30.2 Å². The molecule has 6 nitrogen and oxygen atoms in total. The molecule has 2 N–H and O–H groups in total. The standard InChI is InChI=1S/C15H14Cl2N2O4/c1-22-10-5-8(6-11(23-2)14(10)20)7-18-15(21)13-9(16)3-4-12(17)19-13/h3-6,20H,7H2,1-2H3,(H,18,21). The van der Waals surface area contributed by atoms with Gasteiger partial charge >= 0.3 is 0 Å².